The minimum Gasteiger partial charge on any atom is -0.310 e. The summed E-state index contributed by atoms with van der Waals surface area (Å²) >= 11 is 0. The lowest BCUT2D eigenvalue weighted by Crippen LogP contribution is -2.09. The van der Waals surface area contributed by atoms with Crippen molar-refractivity contribution in [3.05, 3.63) is 90.0 Å². The fraction of sp³-hybridized carbons (Fsp3) is 0.182. The number of anilines is 3. The normalized spacial score (nSPS) is 9.74. The van der Waals surface area contributed by atoms with Crippen molar-refractivity contribution in [2.75, 3.05) is 4.90 Å². The van der Waals surface area contributed by atoms with Crippen LogP contribution in [0.3, 0.4) is 0 Å². The minimum absolute atomic E-state index is 1.17. The molecule has 3 aromatic carbocycles. The van der Waals surface area contributed by atoms with E-state index in [1.54, 1.807) is 0 Å². The summed E-state index contributed by atoms with van der Waals surface area (Å²) in [5.74, 6) is 0. The molecule has 0 fully saturated rings. The van der Waals surface area contributed by atoms with Crippen molar-refractivity contribution in [3.8, 4) is 0 Å². The van der Waals surface area contributed by atoms with Crippen molar-refractivity contribution in [2.45, 2.75) is 27.7 Å². The lowest BCUT2D eigenvalue weighted by molar-refractivity contribution is 1.25. The summed E-state index contributed by atoms with van der Waals surface area (Å²) in [7, 11) is 0. The van der Waals surface area contributed by atoms with E-state index in [0.717, 1.165) is 0 Å². The smallest absolute Gasteiger partial charge is 0.0464 e. The maximum atomic E-state index is 2.28. The lowest BCUT2D eigenvalue weighted by atomic mass is 10.1. The van der Waals surface area contributed by atoms with Crippen LogP contribution in [-0.4, -0.2) is 0 Å². The average Bonchev–Trinajstić information content (AvgIpc) is 2.62. The topological polar surface area (TPSA) is 3.24 Å². The quantitative estimate of drug-likeness (QED) is 0.514. The fourth-order valence-electron chi connectivity index (χ4n) is 2.47. The van der Waals surface area contributed by atoms with E-state index in [9.17, 15) is 0 Å². The highest BCUT2D eigenvalue weighted by molar-refractivity contribution is 5.76. The van der Waals surface area contributed by atoms with Gasteiger partial charge in [-0.3, -0.25) is 0 Å². The monoisotopic (exact) mass is 303 g/mol. The summed E-state index contributed by atoms with van der Waals surface area (Å²) in [6, 6.07) is 27.6. The molecule has 0 aliphatic rings. The van der Waals surface area contributed by atoms with Crippen molar-refractivity contribution in [1.29, 1.82) is 0 Å². The van der Waals surface area contributed by atoms with Gasteiger partial charge in [-0.25, -0.2) is 0 Å². The van der Waals surface area contributed by atoms with E-state index < -0.39 is 0 Å². The van der Waals surface area contributed by atoms with Crippen molar-refractivity contribution in [1.82, 2.24) is 0 Å². The molecule has 0 bridgehead atoms. The molecule has 0 spiro atoms. The van der Waals surface area contributed by atoms with Gasteiger partial charge in [-0.15, -0.1) is 0 Å². The lowest BCUT2D eigenvalue weighted by Gasteiger charge is -2.26. The Morgan fingerprint density at radius 3 is 1.43 bits per heavy atom. The number of benzene rings is 3. The van der Waals surface area contributed by atoms with Gasteiger partial charge in [-0.1, -0.05) is 56.3 Å². The maximum Gasteiger partial charge on any atom is 0.0464 e. The molecular formula is C22H25N. The summed E-state index contributed by atoms with van der Waals surface area (Å²) in [6.07, 6.45) is 0. The molecule has 0 unspecified atom stereocenters. The molecule has 0 saturated heterocycles. The van der Waals surface area contributed by atoms with Crippen LogP contribution in [0.25, 0.3) is 0 Å². The number of aryl methyl sites for hydroxylation is 2. The van der Waals surface area contributed by atoms with Gasteiger partial charge in [-0.2, -0.15) is 0 Å². The third-order valence-corrected chi connectivity index (χ3v) is 3.78. The zero-order chi connectivity index (χ0) is 16.7. The first kappa shape index (κ1) is 16.8. The molecule has 0 radical (unpaired) electrons. The van der Waals surface area contributed by atoms with Crippen molar-refractivity contribution >= 4 is 17.1 Å². The predicted molar refractivity (Wildman–Crippen MR) is 102 cm³/mol. The molecule has 3 aromatic rings. The predicted octanol–water partition coefficient (Wildman–Crippen LogP) is 6.80. The van der Waals surface area contributed by atoms with E-state index in [-0.39, 0.29) is 0 Å². The van der Waals surface area contributed by atoms with Crippen LogP contribution >= 0.6 is 0 Å². The maximum absolute atomic E-state index is 2.28. The Hall–Kier alpha value is -2.54. The second kappa shape index (κ2) is 8.19. The molecule has 1 heteroatoms. The molecule has 0 atom stereocenters. The van der Waals surface area contributed by atoms with E-state index in [2.05, 4.69) is 85.5 Å². The summed E-state index contributed by atoms with van der Waals surface area (Å²) in [5.41, 5.74) is 6.17. The molecular weight excluding hydrogens is 278 g/mol. The molecule has 23 heavy (non-hydrogen) atoms. The highest BCUT2D eigenvalue weighted by atomic mass is 15.1. The summed E-state index contributed by atoms with van der Waals surface area (Å²) in [5, 5.41) is 0. The molecule has 0 saturated carbocycles. The van der Waals surface area contributed by atoms with Gasteiger partial charge in [0.2, 0.25) is 0 Å². The van der Waals surface area contributed by atoms with Crippen LogP contribution in [0.5, 0.6) is 0 Å². The summed E-state index contributed by atoms with van der Waals surface area (Å²) in [6.45, 7) is 8.31. The van der Waals surface area contributed by atoms with Gasteiger partial charge in [-0.05, 0) is 61.4 Å². The second-order valence-electron chi connectivity index (χ2n) is 5.28. The number of nitrogens with zero attached hydrogens (tertiary/aromatic N) is 1. The van der Waals surface area contributed by atoms with Gasteiger partial charge >= 0.3 is 0 Å². The number of rotatable bonds is 3. The third-order valence-electron chi connectivity index (χ3n) is 3.78. The standard InChI is InChI=1S/C20H19N.C2H6/c1-16-13-14-20(15-17(16)2)21(18-9-5-3-6-10-18)19-11-7-4-8-12-19;1-2/h3-15H,1-2H3;1-2H3. The fourth-order valence-corrected chi connectivity index (χ4v) is 2.47. The molecule has 0 amide bonds. The summed E-state index contributed by atoms with van der Waals surface area (Å²) in [4.78, 5) is 2.28. The van der Waals surface area contributed by atoms with Crippen molar-refractivity contribution in [2.24, 2.45) is 0 Å². The molecule has 0 N–H and O–H groups in total. The van der Waals surface area contributed by atoms with E-state index in [4.69, 9.17) is 0 Å². The molecule has 3 rings (SSSR count). The van der Waals surface area contributed by atoms with Crippen molar-refractivity contribution < 1.29 is 0 Å². The molecule has 1 nitrogen and oxygen atoms in total. The van der Waals surface area contributed by atoms with Crippen LogP contribution in [0.1, 0.15) is 25.0 Å². The van der Waals surface area contributed by atoms with Gasteiger partial charge in [0.1, 0.15) is 0 Å². The van der Waals surface area contributed by atoms with E-state index in [1.807, 2.05) is 26.0 Å². The SMILES string of the molecule is CC.Cc1ccc(N(c2ccccc2)c2ccccc2)cc1C. The molecule has 118 valence electrons. The summed E-state index contributed by atoms with van der Waals surface area (Å²) < 4.78 is 0. The van der Waals surface area contributed by atoms with Gasteiger partial charge in [0.25, 0.3) is 0 Å². The van der Waals surface area contributed by atoms with Gasteiger partial charge < -0.3 is 4.90 Å². The average molecular weight is 303 g/mol. The van der Waals surface area contributed by atoms with Crippen LogP contribution in [0.4, 0.5) is 17.1 Å². The highest BCUT2D eigenvalue weighted by Crippen LogP contribution is 2.34. The van der Waals surface area contributed by atoms with Crippen LogP contribution < -0.4 is 4.90 Å². The van der Waals surface area contributed by atoms with Crippen LogP contribution in [0.2, 0.25) is 0 Å². The second-order valence-corrected chi connectivity index (χ2v) is 5.28. The van der Waals surface area contributed by atoms with Crippen molar-refractivity contribution in [3.63, 3.8) is 0 Å². The third kappa shape index (κ3) is 4.01. The molecule has 0 heterocycles. The Morgan fingerprint density at radius 1 is 0.522 bits per heavy atom. The van der Waals surface area contributed by atoms with Crippen LogP contribution in [0.15, 0.2) is 78.9 Å². The van der Waals surface area contributed by atoms with Gasteiger partial charge in [0.05, 0.1) is 0 Å². The minimum atomic E-state index is 1.17. The Bertz CT molecular complexity index is 678. The number of hydrogen-bond acceptors (Lipinski definition) is 1. The Morgan fingerprint density at radius 2 is 1.00 bits per heavy atom. The van der Waals surface area contributed by atoms with E-state index in [0.29, 0.717) is 0 Å². The Labute approximate surface area is 140 Å². The zero-order valence-corrected chi connectivity index (χ0v) is 14.5. The molecule has 0 aromatic heterocycles. The first-order chi connectivity index (χ1) is 11.3. The van der Waals surface area contributed by atoms with Crippen LogP contribution in [-0.2, 0) is 0 Å². The number of para-hydroxylation sites is 2. The van der Waals surface area contributed by atoms with E-state index in [1.165, 1.54) is 28.2 Å². The first-order valence-electron chi connectivity index (χ1n) is 8.23. The Kier molecular flexibility index (Phi) is 5.99. The van der Waals surface area contributed by atoms with Gasteiger partial charge in [0.15, 0.2) is 0 Å². The van der Waals surface area contributed by atoms with Gasteiger partial charge in [0, 0.05) is 17.1 Å². The first-order valence-corrected chi connectivity index (χ1v) is 8.23. The van der Waals surface area contributed by atoms with Crippen LogP contribution in [0, 0.1) is 13.8 Å². The van der Waals surface area contributed by atoms with E-state index >= 15 is 0 Å². The highest BCUT2D eigenvalue weighted by Gasteiger charge is 2.11. The zero-order valence-electron chi connectivity index (χ0n) is 14.5. The molecule has 0 aliphatic heterocycles. The number of hydrogen-bond donors (Lipinski definition) is 0. The largest absolute Gasteiger partial charge is 0.310 e. The molecule has 0 aliphatic carbocycles. The Balaban J connectivity index is 0.000000924.